The Morgan fingerprint density at radius 1 is 1.50 bits per heavy atom. The van der Waals surface area contributed by atoms with Crippen LogP contribution in [0.1, 0.15) is 5.56 Å². The topological polar surface area (TPSA) is 40.5 Å². The molecule has 74 valence electrons. The van der Waals surface area contributed by atoms with E-state index >= 15 is 0 Å². The molecular weight excluding hydrogens is 200 g/mol. The number of aromatic nitrogens is 1. The van der Waals surface area contributed by atoms with Gasteiger partial charge in [-0.15, -0.1) is 0 Å². The summed E-state index contributed by atoms with van der Waals surface area (Å²) in [6.45, 7) is 1.73. The van der Waals surface area contributed by atoms with E-state index in [2.05, 4.69) is 15.4 Å². The monoisotopic (exact) mass is 210 g/mol. The molecule has 1 aromatic heterocycles. The number of hydrogen-bond donors (Lipinski definition) is 1. The number of rotatable bonds is 1. The lowest BCUT2D eigenvalue weighted by Crippen LogP contribution is -2.44. The Labute approximate surface area is 87.6 Å². The van der Waals surface area contributed by atoms with Crippen molar-refractivity contribution in [3.05, 3.63) is 29.0 Å². The molecule has 2 heterocycles. The summed E-state index contributed by atoms with van der Waals surface area (Å²) in [5.41, 5.74) is 4.11. The van der Waals surface area contributed by atoms with Crippen molar-refractivity contribution in [2.75, 3.05) is 20.1 Å². The van der Waals surface area contributed by atoms with Crippen molar-refractivity contribution in [2.24, 2.45) is 4.99 Å². The van der Waals surface area contributed by atoms with Crippen LogP contribution in [0.3, 0.4) is 0 Å². The maximum absolute atomic E-state index is 5.70. The smallest absolute Gasteiger partial charge is 0.144 e. The second kappa shape index (κ2) is 3.94. The van der Waals surface area contributed by atoms with E-state index < -0.39 is 0 Å². The van der Waals surface area contributed by atoms with Gasteiger partial charge in [0.05, 0.1) is 6.54 Å². The summed E-state index contributed by atoms with van der Waals surface area (Å²) in [7, 11) is 1.98. The fraction of sp³-hybridized carbons (Fsp3) is 0.333. The molecule has 0 fully saturated rings. The Hall–Kier alpha value is -1.13. The van der Waals surface area contributed by atoms with Gasteiger partial charge in [-0.3, -0.25) is 4.99 Å². The van der Waals surface area contributed by atoms with E-state index in [1.807, 2.05) is 18.1 Å². The van der Waals surface area contributed by atoms with Crippen LogP contribution in [0, 0.1) is 0 Å². The zero-order chi connectivity index (χ0) is 9.97. The van der Waals surface area contributed by atoms with Crippen molar-refractivity contribution in [3.8, 4) is 0 Å². The van der Waals surface area contributed by atoms with Gasteiger partial charge in [0, 0.05) is 25.4 Å². The summed E-state index contributed by atoms with van der Waals surface area (Å²) < 4.78 is 0. The molecule has 2 rings (SSSR count). The maximum atomic E-state index is 5.70. The maximum Gasteiger partial charge on any atom is 0.144 e. The lowest BCUT2D eigenvalue weighted by molar-refractivity contribution is 0.288. The summed E-state index contributed by atoms with van der Waals surface area (Å²) in [6.07, 6.45) is 1.72. The second-order valence-electron chi connectivity index (χ2n) is 3.13. The van der Waals surface area contributed by atoms with E-state index in [-0.39, 0.29) is 0 Å². The van der Waals surface area contributed by atoms with Crippen LogP contribution in [-0.4, -0.2) is 36.0 Å². The first-order valence-electron chi connectivity index (χ1n) is 4.40. The highest BCUT2D eigenvalue weighted by molar-refractivity contribution is 6.29. The zero-order valence-corrected chi connectivity index (χ0v) is 8.62. The van der Waals surface area contributed by atoms with Gasteiger partial charge in [-0.1, -0.05) is 11.6 Å². The Morgan fingerprint density at radius 2 is 2.36 bits per heavy atom. The summed E-state index contributed by atoms with van der Waals surface area (Å²) in [5, 5.41) is 2.50. The molecule has 0 spiro atoms. The van der Waals surface area contributed by atoms with Gasteiger partial charge in [0.1, 0.15) is 11.0 Å². The molecule has 5 heteroatoms. The fourth-order valence-corrected chi connectivity index (χ4v) is 1.37. The molecule has 0 saturated heterocycles. The predicted octanol–water partition coefficient (Wildman–Crippen LogP) is 0.932. The summed E-state index contributed by atoms with van der Waals surface area (Å²) in [6, 6.07) is 3.66. The lowest BCUT2D eigenvalue weighted by atomic mass is 10.2. The van der Waals surface area contributed by atoms with Crippen LogP contribution in [0.2, 0.25) is 5.15 Å². The van der Waals surface area contributed by atoms with Crippen molar-refractivity contribution >= 4 is 17.4 Å². The van der Waals surface area contributed by atoms with E-state index in [4.69, 9.17) is 11.6 Å². The number of pyridine rings is 1. The Kier molecular flexibility index (Phi) is 2.65. The van der Waals surface area contributed by atoms with Crippen LogP contribution < -0.4 is 5.43 Å². The highest BCUT2D eigenvalue weighted by Gasteiger charge is 2.10. The molecule has 0 aliphatic carbocycles. The number of hydrogen-bond acceptors (Lipinski definition) is 4. The van der Waals surface area contributed by atoms with E-state index in [9.17, 15) is 0 Å². The number of halogens is 1. The first-order chi connectivity index (χ1) is 6.75. The molecule has 0 bridgehead atoms. The van der Waals surface area contributed by atoms with Crippen LogP contribution in [-0.2, 0) is 0 Å². The fourth-order valence-electron chi connectivity index (χ4n) is 1.26. The molecule has 4 nitrogen and oxygen atoms in total. The Bertz CT molecular complexity index is 346. The second-order valence-corrected chi connectivity index (χ2v) is 3.52. The Balaban J connectivity index is 2.22. The van der Waals surface area contributed by atoms with E-state index in [0.717, 1.165) is 24.5 Å². The quantitative estimate of drug-likeness (QED) is 0.702. The van der Waals surface area contributed by atoms with Crippen LogP contribution >= 0.6 is 11.6 Å². The van der Waals surface area contributed by atoms with E-state index in [0.29, 0.717) is 5.15 Å². The summed E-state index contributed by atoms with van der Waals surface area (Å²) in [5.74, 6) is 0.850. The van der Waals surface area contributed by atoms with E-state index in [1.165, 1.54) is 0 Å². The van der Waals surface area contributed by atoms with Gasteiger partial charge in [-0.2, -0.15) is 0 Å². The predicted molar refractivity (Wildman–Crippen MR) is 56.4 cm³/mol. The van der Waals surface area contributed by atoms with Crippen molar-refractivity contribution in [1.82, 2.24) is 15.4 Å². The number of aliphatic imine (C=N–C) groups is 1. The van der Waals surface area contributed by atoms with Crippen LogP contribution in [0.15, 0.2) is 23.3 Å². The molecule has 0 amide bonds. The van der Waals surface area contributed by atoms with Crippen LogP contribution in [0.25, 0.3) is 0 Å². The molecule has 0 aromatic carbocycles. The van der Waals surface area contributed by atoms with Gasteiger partial charge in [0.2, 0.25) is 0 Å². The average Bonchev–Trinajstić information content (AvgIpc) is 2.19. The molecule has 1 N–H and O–H groups in total. The number of nitrogens with zero attached hydrogens (tertiary/aromatic N) is 3. The van der Waals surface area contributed by atoms with Crippen molar-refractivity contribution in [1.29, 1.82) is 0 Å². The molecular formula is C9H11ClN4. The normalized spacial score (nSPS) is 17.4. The first kappa shape index (κ1) is 9.43. The van der Waals surface area contributed by atoms with Crippen molar-refractivity contribution in [2.45, 2.75) is 0 Å². The third kappa shape index (κ3) is 2.02. The minimum Gasteiger partial charge on any atom is -0.303 e. The molecule has 1 aromatic rings. The molecule has 1 aliphatic rings. The first-order valence-corrected chi connectivity index (χ1v) is 4.77. The van der Waals surface area contributed by atoms with Gasteiger partial charge >= 0.3 is 0 Å². The van der Waals surface area contributed by atoms with Gasteiger partial charge in [-0.25, -0.2) is 9.99 Å². The summed E-state index contributed by atoms with van der Waals surface area (Å²) >= 11 is 5.70. The number of amidine groups is 1. The molecule has 0 atom stereocenters. The minimum absolute atomic E-state index is 0.499. The van der Waals surface area contributed by atoms with Gasteiger partial charge < -0.3 is 5.43 Å². The molecule has 0 unspecified atom stereocenters. The van der Waals surface area contributed by atoms with Gasteiger partial charge in [0.25, 0.3) is 0 Å². The molecule has 14 heavy (non-hydrogen) atoms. The highest BCUT2D eigenvalue weighted by Crippen LogP contribution is 2.06. The minimum atomic E-state index is 0.499. The molecule has 1 aliphatic heterocycles. The number of hydrazine groups is 1. The Morgan fingerprint density at radius 3 is 3.00 bits per heavy atom. The van der Waals surface area contributed by atoms with Crippen LogP contribution in [0.5, 0.6) is 0 Å². The van der Waals surface area contributed by atoms with Crippen molar-refractivity contribution < 1.29 is 0 Å². The van der Waals surface area contributed by atoms with Crippen LogP contribution in [0.4, 0.5) is 0 Å². The van der Waals surface area contributed by atoms with E-state index in [1.54, 1.807) is 12.3 Å². The lowest BCUT2D eigenvalue weighted by Gasteiger charge is -2.24. The molecule has 0 radical (unpaired) electrons. The average molecular weight is 211 g/mol. The SMILES string of the molecule is CN1CCN=C(c2ccc(Cl)nc2)N1. The van der Waals surface area contributed by atoms with Gasteiger partial charge in [0.15, 0.2) is 0 Å². The highest BCUT2D eigenvalue weighted by atomic mass is 35.5. The third-order valence-electron chi connectivity index (χ3n) is 2.00. The number of likely N-dealkylation sites (N-methyl/N-ethyl adjacent to an activating group) is 1. The van der Waals surface area contributed by atoms with Crippen molar-refractivity contribution in [3.63, 3.8) is 0 Å². The zero-order valence-electron chi connectivity index (χ0n) is 7.87. The standard InChI is InChI=1S/C9H11ClN4/c1-14-5-4-11-9(13-14)7-2-3-8(10)12-6-7/h2-3,6H,4-5H2,1H3,(H,11,13). The van der Waals surface area contributed by atoms with Gasteiger partial charge in [-0.05, 0) is 12.1 Å². The largest absolute Gasteiger partial charge is 0.303 e. The number of nitrogens with one attached hydrogen (secondary N) is 1. The third-order valence-corrected chi connectivity index (χ3v) is 2.23. The summed E-state index contributed by atoms with van der Waals surface area (Å²) in [4.78, 5) is 8.37. The molecule has 0 saturated carbocycles.